The van der Waals surface area contributed by atoms with Gasteiger partial charge in [-0.3, -0.25) is 0 Å². The maximum absolute atomic E-state index is 13.9. The van der Waals surface area contributed by atoms with Crippen molar-refractivity contribution in [1.82, 2.24) is 0 Å². The Kier molecular flexibility index (Phi) is 3.52. The molecule has 2 fully saturated rings. The molecular weight excluding hydrogens is 366 g/mol. The van der Waals surface area contributed by atoms with E-state index < -0.39 is 0 Å². The summed E-state index contributed by atoms with van der Waals surface area (Å²) < 4.78 is 27.7. The van der Waals surface area contributed by atoms with Gasteiger partial charge in [0.15, 0.2) is 0 Å². The van der Waals surface area contributed by atoms with Gasteiger partial charge in [0.2, 0.25) is 0 Å². The van der Waals surface area contributed by atoms with Crippen molar-refractivity contribution in [3.63, 3.8) is 0 Å². The van der Waals surface area contributed by atoms with E-state index in [-0.39, 0.29) is 20.9 Å². The van der Waals surface area contributed by atoms with E-state index in [0.717, 1.165) is 0 Å². The van der Waals surface area contributed by atoms with Crippen LogP contribution >= 0.6 is 31.9 Å². The van der Waals surface area contributed by atoms with Gasteiger partial charge < -0.3 is 0 Å². The lowest BCUT2D eigenvalue weighted by atomic mass is 10.0. The second-order valence-electron chi connectivity index (χ2n) is 5.38. The van der Waals surface area contributed by atoms with E-state index in [9.17, 15) is 8.78 Å². The van der Waals surface area contributed by atoms with E-state index in [1.807, 2.05) is 0 Å². The SMILES string of the molecule is Fc1cc(C(Br)C2C3CCCCC32)c(F)cc1Br. The normalized spacial score (nSPS) is 31.9. The van der Waals surface area contributed by atoms with Crippen LogP contribution in [0.15, 0.2) is 16.6 Å². The van der Waals surface area contributed by atoms with Crippen LogP contribution in [0.3, 0.4) is 0 Å². The van der Waals surface area contributed by atoms with Crippen LogP contribution in [0.2, 0.25) is 0 Å². The Morgan fingerprint density at radius 3 is 2.28 bits per heavy atom. The van der Waals surface area contributed by atoms with Crippen molar-refractivity contribution in [2.75, 3.05) is 0 Å². The first kappa shape index (κ1) is 13.0. The Balaban J connectivity index is 1.85. The number of benzene rings is 1. The van der Waals surface area contributed by atoms with Crippen LogP contribution in [0.25, 0.3) is 0 Å². The largest absolute Gasteiger partial charge is 0.207 e. The lowest BCUT2D eigenvalue weighted by molar-refractivity contribution is 0.480. The molecule has 0 saturated heterocycles. The van der Waals surface area contributed by atoms with Crippen LogP contribution in [0, 0.1) is 29.4 Å². The highest BCUT2D eigenvalue weighted by atomic mass is 79.9. The molecule has 2 saturated carbocycles. The summed E-state index contributed by atoms with van der Waals surface area (Å²) in [6.07, 6.45) is 5.07. The number of fused-ring (bicyclic) bond motifs is 1. The molecule has 2 aliphatic rings. The summed E-state index contributed by atoms with van der Waals surface area (Å²) in [6, 6.07) is 2.55. The van der Waals surface area contributed by atoms with Crippen LogP contribution in [0.5, 0.6) is 0 Å². The maximum Gasteiger partial charge on any atom is 0.137 e. The topological polar surface area (TPSA) is 0 Å². The maximum atomic E-state index is 13.9. The predicted octanol–water partition coefficient (Wildman–Crippen LogP) is 5.60. The first-order chi connectivity index (χ1) is 8.59. The monoisotopic (exact) mass is 378 g/mol. The predicted molar refractivity (Wildman–Crippen MR) is 74.7 cm³/mol. The molecule has 0 N–H and O–H groups in total. The molecule has 0 radical (unpaired) electrons. The summed E-state index contributed by atoms with van der Waals surface area (Å²) in [5.74, 6) is 1.21. The number of halogens is 4. The first-order valence-corrected chi connectivity index (χ1v) is 8.09. The minimum Gasteiger partial charge on any atom is -0.207 e. The second-order valence-corrected chi connectivity index (χ2v) is 7.22. The Hall–Kier alpha value is 0.0400. The third-order valence-corrected chi connectivity index (χ3v) is 6.11. The van der Waals surface area contributed by atoms with Gasteiger partial charge in [-0.25, -0.2) is 8.78 Å². The summed E-state index contributed by atoms with van der Waals surface area (Å²) >= 11 is 6.60. The van der Waals surface area contributed by atoms with Gasteiger partial charge in [0.1, 0.15) is 11.6 Å². The smallest absolute Gasteiger partial charge is 0.137 e. The molecule has 1 aromatic rings. The quantitative estimate of drug-likeness (QED) is 0.463. The molecule has 3 unspecified atom stereocenters. The van der Waals surface area contributed by atoms with E-state index >= 15 is 0 Å². The molecule has 0 aromatic heterocycles. The van der Waals surface area contributed by atoms with Gasteiger partial charge in [-0.2, -0.15) is 0 Å². The van der Waals surface area contributed by atoms with Crippen molar-refractivity contribution in [2.24, 2.45) is 17.8 Å². The molecule has 0 bridgehead atoms. The van der Waals surface area contributed by atoms with E-state index in [0.29, 0.717) is 23.3 Å². The van der Waals surface area contributed by atoms with E-state index in [1.54, 1.807) is 0 Å². The third-order valence-electron chi connectivity index (χ3n) is 4.40. The molecule has 1 aromatic carbocycles. The van der Waals surface area contributed by atoms with Gasteiger partial charge in [0.05, 0.1) is 4.47 Å². The van der Waals surface area contributed by atoms with E-state index in [4.69, 9.17) is 0 Å². The van der Waals surface area contributed by atoms with Crippen LogP contribution in [0.4, 0.5) is 8.78 Å². The number of hydrogen-bond donors (Lipinski definition) is 0. The molecule has 4 heteroatoms. The van der Waals surface area contributed by atoms with Crippen LogP contribution in [0.1, 0.15) is 36.1 Å². The minimum atomic E-state index is -0.389. The first-order valence-electron chi connectivity index (χ1n) is 6.38. The highest BCUT2D eigenvalue weighted by Gasteiger charge is 2.54. The number of alkyl halides is 1. The molecule has 0 heterocycles. The Bertz CT molecular complexity index is 463. The summed E-state index contributed by atoms with van der Waals surface area (Å²) in [4.78, 5) is -0.0480. The molecule has 0 nitrogen and oxygen atoms in total. The molecule has 3 atom stereocenters. The van der Waals surface area contributed by atoms with E-state index in [2.05, 4.69) is 31.9 Å². The van der Waals surface area contributed by atoms with Crippen molar-refractivity contribution in [3.8, 4) is 0 Å². The van der Waals surface area contributed by atoms with Gasteiger partial charge in [0, 0.05) is 10.4 Å². The fourth-order valence-corrected chi connectivity index (χ4v) is 4.89. The van der Waals surface area contributed by atoms with Crippen molar-refractivity contribution < 1.29 is 8.78 Å². The fourth-order valence-electron chi connectivity index (χ4n) is 3.44. The van der Waals surface area contributed by atoms with Gasteiger partial charge >= 0.3 is 0 Å². The average Bonchev–Trinajstić information content (AvgIpc) is 3.07. The standard InChI is InChI=1S/C14H14Br2F2/c15-10-6-11(17)9(5-12(10)18)14(16)13-7-3-1-2-4-8(7)13/h5-8,13-14H,1-4H2. The van der Waals surface area contributed by atoms with Gasteiger partial charge in [-0.05, 0) is 58.7 Å². The lowest BCUT2D eigenvalue weighted by Crippen LogP contribution is -2.00. The summed E-state index contributed by atoms with van der Waals surface area (Å²) in [7, 11) is 0. The van der Waals surface area contributed by atoms with Crippen LogP contribution < -0.4 is 0 Å². The van der Waals surface area contributed by atoms with E-state index in [1.165, 1.54) is 37.8 Å². The van der Waals surface area contributed by atoms with Crippen molar-refractivity contribution in [1.29, 1.82) is 0 Å². The Labute approximate surface area is 122 Å². The third kappa shape index (κ3) is 2.15. The van der Waals surface area contributed by atoms with Crippen molar-refractivity contribution >= 4 is 31.9 Å². The molecule has 18 heavy (non-hydrogen) atoms. The molecule has 3 rings (SSSR count). The Morgan fingerprint density at radius 1 is 1.06 bits per heavy atom. The molecule has 2 aliphatic carbocycles. The molecule has 0 spiro atoms. The van der Waals surface area contributed by atoms with Crippen molar-refractivity contribution in [3.05, 3.63) is 33.8 Å². The highest BCUT2D eigenvalue weighted by Crippen LogP contribution is 2.62. The minimum absolute atomic E-state index is 0.0480. The zero-order valence-corrected chi connectivity index (χ0v) is 13.0. The number of hydrogen-bond acceptors (Lipinski definition) is 0. The van der Waals surface area contributed by atoms with Crippen LogP contribution in [-0.4, -0.2) is 0 Å². The van der Waals surface area contributed by atoms with Gasteiger partial charge in [-0.1, -0.05) is 28.8 Å². The fraction of sp³-hybridized carbons (Fsp3) is 0.571. The summed E-state index contributed by atoms with van der Waals surface area (Å²) in [5, 5.41) is 0. The van der Waals surface area contributed by atoms with Gasteiger partial charge in [0.25, 0.3) is 0 Å². The zero-order chi connectivity index (χ0) is 12.9. The zero-order valence-electron chi connectivity index (χ0n) is 9.80. The number of rotatable bonds is 2. The molecular formula is C14H14Br2F2. The second kappa shape index (κ2) is 4.86. The summed E-state index contributed by atoms with van der Waals surface area (Å²) in [6.45, 7) is 0. The molecule has 0 amide bonds. The van der Waals surface area contributed by atoms with Gasteiger partial charge in [-0.15, -0.1) is 0 Å². The summed E-state index contributed by atoms with van der Waals surface area (Å²) in [5.41, 5.74) is 0.468. The lowest BCUT2D eigenvalue weighted by Gasteiger charge is -2.12. The average molecular weight is 380 g/mol. The highest BCUT2D eigenvalue weighted by molar-refractivity contribution is 9.10. The molecule has 0 aliphatic heterocycles. The Morgan fingerprint density at radius 2 is 1.67 bits per heavy atom. The molecule has 98 valence electrons. The van der Waals surface area contributed by atoms with Crippen molar-refractivity contribution in [2.45, 2.75) is 30.5 Å². The van der Waals surface area contributed by atoms with Crippen LogP contribution in [-0.2, 0) is 0 Å².